The summed E-state index contributed by atoms with van der Waals surface area (Å²) in [7, 11) is -2.56. The van der Waals surface area contributed by atoms with Crippen LogP contribution >= 0.6 is 27.5 Å². The van der Waals surface area contributed by atoms with Gasteiger partial charge in [-0.25, -0.2) is 13.1 Å². The van der Waals surface area contributed by atoms with Crippen molar-refractivity contribution in [1.29, 1.82) is 0 Å². The van der Waals surface area contributed by atoms with E-state index in [1.807, 2.05) is 4.72 Å². The lowest BCUT2D eigenvalue weighted by atomic mass is 10.2. The second-order valence-corrected chi connectivity index (χ2v) is 7.21. The van der Waals surface area contributed by atoms with Crippen molar-refractivity contribution >= 4 is 43.5 Å². The van der Waals surface area contributed by atoms with Crippen LogP contribution in [0.3, 0.4) is 0 Å². The van der Waals surface area contributed by atoms with Gasteiger partial charge in [0, 0.05) is 10.0 Å². The third kappa shape index (κ3) is 3.79. The molecule has 22 heavy (non-hydrogen) atoms. The summed E-state index contributed by atoms with van der Waals surface area (Å²) >= 11 is 9.09. The van der Waals surface area contributed by atoms with E-state index in [1.54, 1.807) is 12.1 Å². The molecule has 0 aromatic heterocycles. The van der Waals surface area contributed by atoms with Crippen molar-refractivity contribution in [2.24, 2.45) is 0 Å². The number of sulfonamides is 1. The molecule has 5 nitrogen and oxygen atoms in total. The summed E-state index contributed by atoms with van der Waals surface area (Å²) in [4.78, 5) is 11.9. The number of halogens is 2. The summed E-state index contributed by atoms with van der Waals surface area (Å²) in [6, 6.07) is 10.3. The maximum Gasteiger partial charge on any atom is 0.265 e. The highest BCUT2D eigenvalue weighted by Gasteiger charge is 2.21. The summed E-state index contributed by atoms with van der Waals surface area (Å²) < 4.78 is 32.0. The lowest BCUT2D eigenvalue weighted by Gasteiger charge is -2.09. The molecule has 2 aromatic rings. The molecule has 0 spiro atoms. The van der Waals surface area contributed by atoms with Crippen LogP contribution in [-0.4, -0.2) is 21.4 Å². The number of ether oxygens (including phenoxy) is 1. The van der Waals surface area contributed by atoms with E-state index >= 15 is 0 Å². The van der Waals surface area contributed by atoms with Crippen molar-refractivity contribution in [3.05, 3.63) is 57.5 Å². The van der Waals surface area contributed by atoms with Gasteiger partial charge in [0.15, 0.2) is 0 Å². The van der Waals surface area contributed by atoms with Gasteiger partial charge in [-0.05, 0) is 42.5 Å². The summed E-state index contributed by atoms with van der Waals surface area (Å²) in [5, 5.41) is 0.0180. The normalized spacial score (nSPS) is 11.0. The molecule has 1 N–H and O–H groups in total. The molecule has 0 aliphatic heterocycles. The monoisotopic (exact) mass is 403 g/mol. The number of carbonyl (C=O) groups is 1. The van der Waals surface area contributed by atoms with Gasteiger partial charge in [-0.15, -0.1) is 0 Å². The first-order valence-corrected chi connectivity index (χ1v) is 8.65. The van der Waals surface area contributed by atoms with Crippen LogP contribution in [0.1, 0.15) is 10.4 Å². The predicted molar refractivity (Wildman–Crippen MR) is 86.8 cm³/mol. The highest BCUT2D eigenvalue weighted by Crippen LogP contribution is 2.25. The van der Waals surface area contributed by atoms with Crippen LogP contribution in [0.25, 0.3) is 0 Å². The summed E-state index contributed by atoms with van der Waals surface area (Å²) in [5.41, 5.74) is 0.192. The van der Waals surface area contributed by atoms with E-state index < -0.39 is 15.9 Å². The molecule has 0 aliphatic rings. The number of amides is 1. The molecule has 0 atom stereocenters. The Hall–Kier alpha value is -1.57. The van der Waals surface area contributed by atoms with E-state index in [1.165, 1.54) is 37.4 Å². The highest BCUT2D eigenvalue weighted by molar-refractivity contribution is 9.10. The Morgan fingerprint density at radius 1 is 1.18 bits per heavy atom. The van der Waals surface area contributed by atoms with E-state index in [2.05, 4.69) is 15.9 Å². The predicted octanol–water partition coefficient (Wildman–Crippen LogP) is 3.23. The fourth-order valence-corrected chi connectivity index (χ4v) is 3.68. The number of carbonyl (C=O) groups excluding carboxylic acids is 1. The van der Waals surface area contributed by atoms with Gasteiger partial charge in [-0.2, -0.15) is 0 Å². The standard InChI is InChI=1S/C14H11BrClNO4S/c1-21-11-5-2-9(3-6-11)14(18)17-22(19,20)13-7-4-10(15)8-12(13)16/h2-8H,1H3,(H,17,18). The number of rotatable bonds is 4. The molecule has 0 unspecified atom stereocenters. The zero-order valence-corrected chi connectivity index (χ0v) is 14.5. The quantitative estimate of drug-likeness (QED) is 0.849. The Labute approximate surface area is 141 Å². The SMILES string of the molecule is COc1ccc(C(=O)NS(=O)(=O)c2ccc(Br)cc2Cl)cc1. The van der Waals surface area contributed by atoms with Crippen LogP contribution in [0.5, 0.6) is 5.75 Å². The number of hydrogen-bond donors (Lipinski definition) is 1. The van der Waals surface area contributed by atoms with Crippen LogP contribution in [0.4, 0.5) is 0 Å². The van der Waals surface area contributed by atoms with Crippen molar-refractivity contribution in [1.82, 2.24) is 4.72 Å². The minimum atomic E-state index is -4.05. The van der Waals surface area contributed by atoms with Gasteiger partial charge < -0.3 is 4.74 Å². The largest absolute Gasteiger partial charge is 0.497 e. The van der Waals surface area contributed by atoms with Crippen LogP contribution < -0.4 is 9.46 Å². The molecule has 116 valence electrons. The molecule has 0 bridgehead atoms. The number of nitrogens with one attached hydrogen (secondary N) is 1. The van der Waals surface area contributed by atoms with Crippen molar-refractivity contribution in [3.8, 4) is 5.75 Å². The average molecular weight is 405 g/mol. The van der Waals surface area contributed by atoms with Crippen LogP contribution in [0.2, 0.25) is 5.02 Å². The van der Waals surface area contributed by atoms with Crippen LogP contribution in [0, 0.1) is 0 Å². The van der Waals surface area contributed by atoms with Crippen molar-refractivity contribution in [3.63, 3.8) is 0 Å². The Balaban J connectivity index is 2.25. The van der Waals surface area contributed by atoms with Crippen molar-refractivity contribution in [2.45, 2.75) is 4.90 Å². The molecule has 1 amide bonds. The van der Waals surface area contributed by atoms with Crippen molar-refractivity contribution < 1.29 is 17.9 Å². The van der Waals surface area contributed by atoms with Gasteiger partial charge in [-0.1, -0.05) is 27.5 Å². The van der Waals surface area contributed by atoms with Gasteiger partial charge in [0.2, 0.25) is 0 Å². The molecule has 0 fully saturated rings. The number of benzene rings is 2. The zero-order chi connectivity index (χ0) is 16.3. The van der Waals surface area contributed by atoms with Gasteiger partial charge >= 0.3 is 0 Å². The Kier molecular flexibility index (Phi) is 5.10. The average Bonchev–Trinajstić information content (AvgIpc) is 2.46. The molecule has 8 heteroatoms. The number of hydrogen-bond acceptors (Lipinski definition) is 4. The van der Waals surface area contributed by atoms with E-state index in [0.29, 0.717) is 10.2 Å². The van der Waals surface area contributed by atoms with Crippen molar-refractivity contribution in [2.75, 3.05) is 7.11 Å². The summed E-state index contributed by atoms with van der Waals surface area (Å²) in [6.45, 7) is 0. The highest BCUT2D eigenvalue weighted by atomic mass is 79.9. The molecule has 0 aliphatic carbocycles. The second kappa shape index (κ2) is 6.68. The molecule has 0 saturated heterocycles. The second-order valence-electron chi connectivity index (χ2n) is 4.24. The van der Waals surface area contributed by atoms with Crippen LogP contribution in [-0.2, 0) is 10.0 Å². The molecule has 2 rings (SSSR count). The van der Waals surface area contributed by atoms with Crippen LogP contribution in [0.15, 0.2) is 51.8 Å². The number of methoxy groups -OCH3 is 1. The molecular formula is C14H11BrClNO4S. The summed E-state index contributed by atoms with van der Waals surface area (Å²) in [5.74, 6) is -0.183. The van der Waals surface area contributed by atoms with Gasteiger partial charge in [0.1, 0.15) is 10.6 Å². The van der Waals surface area contributed by atoms with Gasteiger partial charge in [-0.3, -0.25) is 4.79 Å². The maximum atomic E-state index is 12.2. The third-order valence-corrected chi connectivity index (χ3v) is 5.07. The minimum absolute atomic E-state index is 0.0180. The molecule has 2 aromatic carbocycles. The lowest BCUT2D eigenvalue weighted by Crippen LogP contribution is -2.30. The Morgan fingerprint density at radius 3 is 2.36 bits per heavy atom. The van der Waals surface area contributed by atoms with Gasteiger partial charge in [0.05, 0.1) is 12.1 Å². The van der Waals surface area contributed by atoms with E-state index in [-0.39, 0.29) is 15.5 Å². The first-order valence-electron chi connectivity index (χ1n) is 6.00. The zero-order valence-electron chi connectivity index (χ0n) is 11.3. The first-order chi connectivity index (χ1) is 10.3. The van der Waals surface area contributed by atoms with E-state index in [4.69, 9.17) is 16.3 Å². The van der Waals surface area contributed by atoms with Gasteiger partial charge in [0.25, 0.3) is 15.9 Å². The fourth-order valence-electron chi connectivity index (χ4n) is 1.67. The van der Waals surface area contributed by atoms with E-state index in [9.17, 15) is 13.2 Å². The maximum absolute atomic E-state index is 12.2. The summed E-state index contributed by atoms with van der Waals surface area (Å²) in [6.07, 6.45) is 0. The molecule has 0 radical (unpaired) electrons. The minimum Gasteiger partial charge on any atom is -0.497 e. The molecule has 0 saturated carbocycles. The Bertz CT molecular complexity index is 806. The smallest absolute Gasteiger partial charge is 0.265 e. The van der Waals surface area contributed by atoms with E-state index in [0.717, 1.165) is 0 Å². The molecular weight excluding hydrogens is 394 g/mol. The Morgan fingerprint density at radius 2 is 1.82 bits per heavy atom. The molecule has 0 heterocycles. The first kappa shape index (κ1) is 16.8. The fraction of sp³-hybridized carbons (Fsp3) is 0.0714. The topological polar surface area (TPSA) is 72.5 Å². The third-order valence-electron chi connectivity index (χ3n) is 2.76. The lowest BCUT2D eigenvalue weighted by molar-refractivity contribution is 0.0981.